The average molecular weight is 633 g/mol. The minimum absolute atomic E-state index is 0.475. The normalized spacial score (nSPS) is 25.3. The Morgan fingerprint density at radius 3 is 0.660 bits per heavy atom. The van der Waals surface area contributed by atoms with Crippen LogP contribution in [0.25, 0.3) is 0 Å². The van der Waals surface area contributed by atoms with Gasteiger partial charge in [0.25, 0.3) is 0 Å². The molecule has 0 nitrogen and oxygen atoms in total. The van der Waals surface area contributed by atoms with Gasteiger partial charge in [-0.1, -0.05) is 95.9 Å². The molecular formula is C50H32. The zero-order valence-corrected chi connectivity index (χ0v) is 27.8. The summed E-state index contributed by atoms with van der Waals surface area (Å²) in [6, 6.07) is 24.3. The van der Waals surface area contributed by atoms with E-state index in [9.17, 15) is 0 Å². The smallest absolute Gasteiger partial charge is 0.0436 e. The van der Waals surface area contributed by atoms with Crippen molar-refractivity contribution in [2.45, 2.75) is 60.2 Å². The van der Waals surface area contributed by atoms with E-state index in [2.05, 4.69) is 71.6 Å². The van der Waals surface area contributed by atoms with Crippen LogP contribution >= 0.6 is 0 Å². The van der Waals surface area contributed by atoms with Crippen LogP contribution in [0.15, 0.2) is 72.8 Å². The van der Waals surface area contributed by atoms with E-state index in [-0.39, 0.29) is 0 Å². The van der Waals surface area contributed by atoms with Crippen molar-refractivity contribution in [1.29, 1.82) is 0 Å². The third-order valence-electron chi connectivity index (χ3n) is 11.8. The highest BCUT2D eigenvalue weighted by Crippen LogP contribution is 2.75. The highest BCUT2D eigenvalue weighted by atomic mass is 14.7. The highest BCUT2D eigenvalue weighted by molar-refractivity contribution is 5.65. The van der Waals surface area contributed by atoms with Crippen LogP contribution in [0.3, 0.4) is 0 Å². The van der Waals surface area contributed by atoms with Crippen LogP contribution in [-0.2, 0) is 21.7 Å². The molecule has 0 atom stereocenters. The second-order valence-corrected chi connectivity index (χ2v) is 14.2. The summed E-state index contributed by atoms with van der Waals surface area (Å²) in [5.74, 6) is 23.4. The summed E-state index contributed by atoms with van der Waals surface area (Å²) in [7, 11) is 0. The van der Waals surface area contributed by atoms with Gasteiger partial charge in [-0.25, -0.2) is 0 Å². The van der Waals surface area contributed by atoms with Crippen molar-refractivity contribution in [2.24, 2.45) is 0 Å². The van der Waals surface area contributed by atoms with Gasteiger partial charge in [0.2, 0.25) is 0 Å². The van der Waals surface area contributed by atoms with Gasteiger partial charge in [-0.15, -0.1) is 51.4 Å². The Morgan fingerprint density at radius 2 is 0.500 bits per heavy atom. The highest BCUT2D eigenvalue weighted by Gasteiger charge is 2.70. The van der Waals surface area contributed by atoms with Gasteiger partial charge < -0.3 is 0 Å². The molecule has 4 aliphatic carbocycles. The maximum Gasteiger partial charge on any atom is 0.0436 e. The molecule has 0 spiro atoms. The third kappa shape index (κ3) is 4.29. The van der Waals surface area contributed by atoms with E-state index < -0.39 is 21.7 Å². The Kier molecular flexibility index (Phi) is 7.35. The molecule has 0 N–H and O–H groups in total. The Morgan fingerprint density at radius 1 is 0.300 bits per heavy atom. The van der Waals surface area contributed by atoms with Gasteiger partial charge in [0, 0.05) is 44.5 Å². The van der Waals surface area contributed by atoms with Crippen LogP contribution in [-0.4, -0.2) is 0 Å². The monoisotopic (exact) mass is 632 g/mol. The molecular weight excluding hydrogens is 601 g/mol. The summed E-state index contributed by atoms with van der Waals surface area (Å²) < 4.78 is 0. The minimum Gasteiger partial charge on any atom is -0.115 e. The first-order valence-electron chi connectivity index (χ1n) is 16.5. The molecule has 232 valence electrons. The summed E-state index contributed by atoms with van der Waals surface area (Å²) in [4.78, 5) is 0. The van der Waals surface area contributed by atoms with E-state index in [0.717, 1.165) is 83.0 Å². The third-order valence-corrected chi connectivity index (χ3v) is 11.8. The zero-order valence-electron chi connectivity index (χ0n) is 27.8. The van der Waals surface area contributed by atoms with Crippen molar-refractivity contribution in [3.63, 3.8) is 0 Å². The molecule has 0 heterocycles. The Bertz CT molecular complexity index is 2100. The topological polar surface area (TPSA) is 0 Å². The van der Waals surface area contributed by atoms with Crippen molar-refractivity contribution in [1.82, 2.24) is 0 Å². The molecule has 0 saturated heterocycles. The van der Waals surface area contributed by atoms with Crippen LogP contribution in [0.5, 0.6) is 0 Å². The lowest BCUT2D eigenvalue weighted by molar-refractivity contribution is -0.0695. The van der Waals surface area contributed by atoms with Gasteiger partial charge in [0.15, 0.2) is 0 Å². The van der Waals surface area contributed by atoms with Crippen molar-refractivity contribution in [3.05, 3.63) is 140 Å². The largest absolute Gasteiger partial charge is 0.115 e. The van der Waals surface area contributed by atoms with Gasteiger partial charge in [-0.3, -0.25) is 0 Å². The Labute approximate surface area is 297 Å². The van der Waals surface area contributed by atoms with E-state index in [1.807, 2.05) is 48.5 Å². The molecule has 0 amide bonds. The molecule has 4 bridgehead atoms. The minimum atomic E-state index is -0.475. The number of rotatable bonds is 4. The average Bonchev–Trinajstić information content (AvgIpc) is 3.15. The van der Waals surface area contributed by atoms with Crippen molar-refractivity contribution >= 4 is 0 Å². The van der Waals surface area contributed by atoms with Gasteiger partial charge in [-0.2, -0.15) is 0 Å². The predicted octanol–water partition coefficient (Wildman–Crippen LogP) is 7.97. The van der Waals surface area contributed by atoms with Crippen molar-refractivity contribution in [2.75, 3.05) is 0 Å². The maximum absolute atomic E-state index is 6.34. The second-order valence-electron chi connectivity index (χ2n) is 14.2. The van der Waals surface area contributed by atoms with E-state index in [0.29, 0.717) is 22.3 Å². The van der Waals surface area contributed by atoms with Gasteiger partial charge in [0.05, 0.1) is 0 Å². The number of benzene rings is 4. The summed E-state index contributed by atoms with van der Waals surface area (Å²) in [6.07, 6.45) is 54.3. The first kappa shape index (κ1) is 31.9. The lowest BCUT2D eigenvalue weighted by atomic mass is 9.31. The van der Waals surface area contributed by atoms with E-state index in [1.165, 1.54) is 0 Å². The molecule has 0 aliphatic heterocycles. The molecule has 4 aliphatic rings. The number of hydrogen-bond donors (Lipinski definition) is 0. The molecule has 50 heavy (non-hydrogen) atoms. The van der Waals surface area contributed by atoms with Crippen LogP contribution in [0.1, 0.15) is 105 Å². The summed E-state index contributed by atoms with van der Waals surface area (Å²) in [6.45, 7) is 0. The van der Waals surface area contributed by atoms with Gasteiger partial charge in [-0.05, 0) is 107 Å². The van der Waals surface area contributed by atoms with Crippen LogP contribution in [0, 0.1) is 98.8 Å². The van der Waals surface area contributed by atoms with Crippen LogP contribution < -0.4 is 0 Å². The fourth-order valence-electron chi connectivity index (χ4n) is 10.9. The molecule has 0 radical (unpaired) electrons. The molecule has 4 saturated carbocycles. The molecule has 0 aromatic heterocycles. The lowest BCUT2D eigenvalue weighted by Gasteiger charge is -2.72. The molecule has 4 aromatic carbocycles. The molecule has 4 aromatic rings. The fourth-order valence-corrected chi connectivity index (χ4v) is 10.9. The predicted molar refractivity (Wildman–Crippen MR) is 204 cm³/mol. The molecule has 4 fully saturated rings. The molecule has 8 rings (SSSR count). The first-order chi connectivity index (χ1) is 24.3. The number of terminal acetylenes is 8. The zero-order chi connectivity index (χ0) is 35.3. The number of hydrogen-bond acceptors (Lipinski definition) is 0. The maximum atomic E-state index is 6.34. The summed E-state index contributed by atoms with van der Waals surface area (Å²) in [5.41, 5.74) is 7.98. The first-order valence-corrected chi connectivity index (χ1v) is 16.5. The van der Waals surface area contributed by atoms with Gasteiger partial charge in [0.1, 0.15) is 0 Å². The molecule has 0 unspecified atom stereocenters. The van der Waals surface area contributed by atoms with Crippen molar-refractivity contribution in [3.8, 4) is 98.8 Å². The quantitative estimate of drug-likeness (QED) is 0.200. The van der Waals surface area contributed by atoms with E-state index >= 15 is 0 Å². The summed E-state index contributed by atoms with van der Waals surface area (Å²) >= 11 is 0. The van der Waals surface area contributed by atoms with Crippen molar-refractivity contribution < 1.29 is 0 Å². The van der Waals surface area contributed by atoms with Gasteiger partial charge >= 0.3 is 0 Å². The second kappa shape index (κ2) is 11.5. The van der Waals surface area contributed by atoms with Crippen LogP contribution in [0.2, 0.25) is 0 Å². The Balaban J connectivity index is 1.68. The lowest BCUT2D eigenvalue weighted by Crippen LogP contribution is -2.67. The van der Waals surface area contributed by atoms with E-state index in [4.69, 9.17) is 51.4 Å². The SMILES string of the molecule is C#Cc1cccc(C23CC4(c5cccc(C#C)c5C#C)CC(c5cccc(C#C)c5C#C)(C2)CC(c2cccc(C#C)c2C#C)(C3)C4)c1C#C. The van der Waals surface area contributed by atoms with E-state index in [1.54, 1.807) is 0 Å². The van der Waals surface area contributed by atoms with Crippen LogP contribution in [0.4, 0.5) is 0 Å². The molecule has 0 heteroatoms. The fraction of sp³-hybridized carbons (Fsp3) is 0.200. The Hall–Kier alpha value is -6.64. The summed E-state index contributed by atoms with van der Waals surface area (Å²) in [5, 5.41) is 0. The standard InChI is InChI=1S/C50H32/c1-9-35-21-17-25-43(39(35)13-5)47-29-48(44-26-18-22-36(10-2)40(44)14-6)32-49(30-47,45-27-19-23-37(11-3)41(45)15-7)34-50(31-47,33-48)46-28-20-24-38(12-4)42(46)16-8/h1-8,17-28H,29-34H2.